The van der Waals surface area contributed by atoms with E-state index in [-0.39, 0.29) is 12.4 Å². The third-order valence-corrected chi connectivity index (χ3v) is 2.87. The summed E-state index contributed by atoms with van der Waals surface area (Å²) in [7, 11) is 1.56. The average molecular weight is 204 g/mol. The number of aryl methyl sites for hydroxylation is 2. The van der Waals surface area contributed by atoms with E-state index in [0.717, 1.165) is 5.56 Å². The molecule has 2 rings (SSSR count). The van der Waals surface area contributed by atoms with Crippen LogP contribution in [-0.2, 0) is 28.8 Å². The summed E-state index contributed by atoms with van der Waals surface area (Å²) in [6.07, 6.45) is 4.12. The first-order chi connectivity index (χ1) is 7.29. The molecule has 0 aromatic heterocycles. The van der Waals surface area contributed by atoms with Gasteiger partial charge in [0.1, 0.15) is 6.61 Å². The lowest BCUT2D eigenvalue weighted by atomic mass is 10.0. The van der Waals surface area contributed by atoms with Crippen LogP contribution in [0.5, 0.6) is 0 Å². The van der Waals surface area contributed by atoms with E-state index in [9.17, 15) is 4.79 Å². The van der Waals surface area contributed by atoms with Gasteiger partial charge in [-0.2, -0.15) is 0 Å². The summed E-state index contributed by atoms with van der Waals surface area (Å²) in [5, 5.41) is 0. The fraction of sp³-hybridized carbons (Fsp3) is 0.462. The van der Waals surface area contributed by atoms with Crippen LogP contribution < -0.4 is 0 Å². The number of carbonyl (C=O) groups is 1. The lowest BCUT2D eigenvalue weighted by Crippen LogP contribution is -2.09. The number of carbonyl (C=O) groups excluding carboxylic acids is 1. The number of Topliss-reactive ketones (excluding diaryl/α,β-unsaturated/α-hetero) is 1. The van der Waals surface area contributed by atoms with Gasteiger partial charge >= 0.3 is 0 Å². The van der Waals surface area contributed by atoms with Gasteiger partial charge in [-0.05, 0) is 36.0 Å². The van der Waals surface area contributed by atoms with Crippen molar-refractivity contribution in [1.29, 1.82) is 0 Å². The second kappa shape index (κ2) is 4.58. The van der Waals surface area contributed by atoms with Crippen LogP contribution in [0.1, 0.15) is 23.1 Å². The third kappa shape index (κ3) is 2.45. The first-order valence-electron chi connectivity index (χ1n) is 5.41. The molecule has 80 valence electrons. The second-order valence-corrected chi connectivity index (χ2v) is 4.11. The van der Waals surface area contributed by atoms with E-state index in [2.05, 4.69) is 18.2 Å². The standard InChI is InChI=1S/C13H16O2/c1-15-9-13(14)8-10-5-6-11-3-2-4-12(11)7-10/h5-7H,2-4,8-9H2,1H3. The molecule has 0 bridgehead atoms. The second-order valence-electron chi connectivity index (χ2n) is 4.11. The number of benzene rings is 1. The molecule has 2 nitrogen and oxygen atoms in total. The molecule has 0 N–H and O–H groups in total. The van der Waals surface area contributed by atoms with Crippen molar-refractivity contribution in [3.05, 3.63) is 34.9 Å². The summed E-state index contributed by atoms with van der Waals surface area (Å²) in [6.45, 7) is 0.219. The number of fused-ring (bicyclic) bond motifs is 1. The Morgan fingerprint density at radius 2 is 2.13 bits per heavy atom. The minimum atomic E-state index is 0.149. The zero-order valence-electron chi connectivity index (χ0n) is 9.08. The molecule has 0 atom stereocenters. The topological polar surface area (TPSA) is 26.3 Å². The van der Waals surface area contributed by atoms with E-state index in [1.165, 1.54) is 30.4 Å². The zero-order chi connectivity index (χ0) is 10.7. The molecule has 0 amide bonds. The molecular weight excluding hydrogens is 188 g/mol. The van der Waals surface area contributed by atoms with Gasteiger partial charge in [0.25, 0.3) is 0 Å². The highest BCUT2D eigenvalue weighted by Gasteiger charge is 2.11. The van der Waals surface area contributed by atoms with Crippen molar-refractivity contribution in [2.75, 3.05) is 13.7 Å². The maximum absolute atomic E-state index is 11.4. The normalized spacial score (nSPS) is 13.9. The monoisotopic (exact) mass is 204 g/mol. The van der Waals surface area contributed by atoms with Crippen molar-refractivity contribution in [2.24, 2.45) is 0 Å². The lowest BCUT2D eigenvalue weighted by Gasteiger charge is -2.04. The van der Waals surface area contributed by atoms with Crippen LogP contribution in [-0.4, -0.2) is 19.5 Å². The Labute approximate surface area is 90.3 Å². The van der Waals surface area contributed by atoms with Crippen LogP contribution in [0.3, 0.4) is 0 Å². The van der Waals surface area contributed by atoms with Crippen molar-refractivity contribution in [3.8, 4) is 0 Å². The molecule has 0 saturated heterocycles. The van der Waals surface area contributed by atoms with Crippen LogP contribution in [0.2, 0.25) is 0 Å². The van der Waals surface area contributed by atoms with Crippen LogP contribution in [0.25, 0.3) is 0 Å². The van der Waals surface area contributed by atoms with Crippen molar-refractivity contribution >= 4 is 5.78 Å². The molecule has 0 fully saturated rings. The Hall–Kier alpha value is -1.15. The molecule has 15 heavy (non-hydrogen) atoms. The molecule has 0 spiro atoms. The highest BCUT2D eigenvalue weighted by molar-refractivity contribution is 5.82. The van der Waals surface area contributed by atoms with Gasteiger partial charge in [-0.1, -0.05) is 18.2 Å². The average Bonchev–Trinajstić information content (AvgIpc) is 2.65. The van der Waals surface area contributed by atoms with Gasteiger partial charge in [0.15, 0.2) is 5.78 Å². The molecule has 0 unspecified atom stereocenters. The van der Waals surface area contributed by atoms with Crippen molar-refractivity contribution in [1.82, 2.24) is 0 Å². The zero-order valence-corrected chi connectivity index (χ0v) is 9.08. The predicted octanol–water partition coefficient (Wildman–Crippen LogP) is 1.93. The molecule has 1 aromatic rings. The highest BCUT2D eigenvalue weighted by atomic mass is 16.5. The van der Waals surface area contributed by atoms with Gasteiger partial charge in [0, 0.05) is 13.5 Å². The minimum absolute atomic E-state index is 0.149. The third-order valence-electron chi connectivity index (χ3n) is 2.87. The van der Waals surface area contributed by atoms with Crippen molar-refractivity contribution in [3.63, 3.8) is 0 Å². The molecule has 1 aliphatic rings. The molecular formula is C13H16O2. The summed E-state index contributed by atoms with van der Waals surface area (Å²) < 4.78 is 4.82. The first-order valence-corrected chi connectivity index (χ1v) is 5.41. The molecule has 2 heteroatoms. The van der Waals surface area contributed by atoms with Gasteiger partial charge in [-0.3, -0.25) is 4.79 Å². The number of ketones is 1. The Bertz CT molecular complexity index is 369. The maximum Gasteiger partial charge on any atom is 0.162 e. The van der Waals surface area contributed by atoms with E-state index in [1.807, 2.05) is 0 Å². The Kier molecular flexibility index (Phi) is 3.17. The number of methoxy groups -OCH3 is 1. The Morgan fingerprint density at radius 3 is 2.93 bits per heavy atom. The maximum atomic E-state index is 11.4. The van der Waals surface area contributed by atoms with Crippen LogP contribution in [0.4, 0.5) is 0 Å². The fourth-order valence-electron chi connectivity index (χ4n) is 2.17. The fourth-order valence-corrected chi connectivity index (χ4v) is 2.17. The molecule has 0 aliphatic heterocycles. The minimum Gasteiger partial charge on any atom is -0.377 e. The van der Waals surface area contributed by atoms with Gasteiger partial charge in [-0.25, -0.2) is 0 Å². The number of hydrogen-bond donors (Lipinski definition) is 0. The van der Waals surface area contributed by atoms with Crippen molar-refractivity contribution in [2.45, 2.75) is 25.7 Å². The van der Waals surface area contributed by atoms with Crippen LogP contribution in [0.15, 0.2) is 18.2 Å². The first kappa shape index (κ1) is 10.4. The highest BCUT2D eigenvalue weighted by Crippen LogP contribution is 2.22. The number of hydrogen-bond acceptors (Lipinski definition) is 2. The number of rotatable bonds is 4. The Balaban J connectivity index is 2.06. The van der Waals surface area contributed by atoms with E-state index >= 15 is 0 Å². The van der Waals surface area contributed by atoms with Crippen molar-refractivity contribution < 1.29 is 9.53 Å². The molecule has 1 aliphatic carbocycles. The van der Waals surface area contributed by atoms with E-state index in [0.29, 0.717) is 6.42 Å². The van der Waals surface area contributed by atoms with E-state index < -0.39 is 0 Å². The molecule has 0 heterocycles. The van der Waals surface area contributed by atoms with Gasteiger partial charge in [0.05, 0.1) is 0 Å². The molecule has 0 radical (unpaired) electrons. The predicted molar refractivity (Wildman–Crippen MR) is 59.1 cm³/mol. The number of ether oxygens (including phenoxy) is 1. The largest absolute Gasteiger partial charge is 0.377 e. The van der Waals surface area contributed by atoms with Crippen LogP contribution in [0, 0.1) is 0 Å². The summed E-state index contributed by atoms with van der Waals surface area (Å²) in [6, 6.07) is 6.41. The summed E-state index contributed by atoms with van der Waals surface area (Å²) >= 11 is 0. The lowest BCUT2D eigenvalue weighted by molar-refractivity contribution is -0.121. The SMILES string of the molecule is COCC(=O)Cc1ccc2c(c1)CCC2. The van der Waals surface area contributed by atoms with E-state index in [1.54, 1.807) is 7.11 Å². The molecule has 0 saturated carbocycles. The summed E-state index contributed by atoms with van der Waals surface area (Å²) in [5.41, 5.74) is 4.01. The van der Waals surface area contributed by atoms with Gasteiger partial charge in [-0.15, -0.1) is 0 Å². The summed E-state index contributed by atoms with van der Waals surface area (Å²) in [5.74, 6) is 0.149. The van der Waals surface area contributed by atoms with Gasteiger partial charge in [0.2, 0.25) is 0 Å². The smallest absolute Gasteiger partial charge is 0.162 e. The summed E-state index contributed by atoms with van der Waals surface area (Å²) in [4.78, 5) is 11.4. The quantitative estimate of drug-likeness (QED) is 0.749. The van der Waals surface area contributed by atoms with Gasteiger partial charge < -0.3 is 4.74 Å². The molecule has 1 aromatic carbocycles. The Morgan fingerprint density at radius 1 is 1.33 bits per heavy atom. The van der Waals surface area contributed by atoms with Crippen LogP contribution >= 0.6 is 0 Å². The van der Waals surface area contributed by atoms with E-state index in [4.69, 9.17) is 4.74 Å².